The Kier molecular flexibility index (Phi) is 16.0. The number of hydrogen-bond donors (Lipinski definition) is 4. The zero-order valence-electron chi connectivity index (χ0n) is 32.0. The molecule has 7 aromatic carbocycles. The van der Waals surface area contributed by atoms with Crippen molar-refractivity contribution in [1.82, 2.24) is 0 Å². The van der Waals surface area contributed by atoms with Gasteiger partial charge in [0, 0.05) is 22.1 Å². The van der Waals surface area contributed by atoms with Gasteiger partial charge >= 0.3 is 94.7 Å². The summed E-state index contributed by atoms with van der Waals surface area (Å²) in [6, 6.07) is 25.1. The molecule has 0 unspecified atom stereocenters. The van der Waals surface area contributed by atoms with E-state index in [9.17, 15) is 53.9 Å². The monoisotopic (exact) mass is 908 g/mol. The summed E-state index contributed by atoms with van der Waals surface area (Å²) in [5, 5.41) is 43.5. The van der Waals surface area contributed by atoms with Crippen LogP contribution in [-0.2, 0) is 30.4 Å². The van der Waals surface area contributed by atoms with Crippen LogP contribution in [0, 0.1) is 0 Å². The number of amides is 2. The van der Waals surface area contributed by atoms with Gasteiger partial charge in [0.05, 0.1) is 26.1 Å². The SMILES string of the molecule is O=C(Nc1ccc2c(O)c(N=Nc3ccccc3)c(S(=O)(=O)[O-])cc2c1)Nc1ccc2c(O)c(N=Nc3ccc4cc(S(=O)(=O)[O-])ccc4c3)c(S(=O)(=O)[O-])cc2c1.[Na+].[Na+].[Na+]. The van der Waals surface area contributed by atoms with Gasteiger partial charge in [-0.05, 0) is 106 Å². The molecule has 18 nitrogen and oxygen atoms in total. The molecule has 61 heavy (non-hydrogen) atoms. The van der Waals surface area contributed by atoms with Crippen LogP contribution in [0.1, 0.15) is 0 Å². The molecule has 24 heteroatoms. The van der Waals surface area contributed by atoms with Gasteiger partial charge in [0.25, 0.3) is 0 Å². The zero-order chi connectivity index (χ0) is 41.6. The van der Waals surface area contributed by atoms with Crippen LogP contribution >= 0.6 is 0 Å². The van der Waals surface area contributed by atoms with Crippen LogP contribution in [0.3, 0.4) is 0 Å². The molecular weight excluding hydrogens is 886 g/mol. The summed E-state index contributed by atoms with van der Waals surface area (Å²) < 4.78 is 107. The Bertz CT molecular complexity index is 3270. The molecule has 0 atom stereocenters. The van der Waals surface area contributed by atoms with Gasteiger partial charge in [-0.2, -0.15) is 10.2 Å². The van der Waals surface area contributed by atoms with Crippen molar-refractivity contribution in [3.8, 4) is 11.5 Å². The molecule has 0 aliphatic rings. The second-order valence-electron chi connectivity index (χ2n) is 12.4. The molecule has 0 bridgehead atoms. The number of azo groups is 2. The fourth-order valence-electron chi connectivity index (χ4n) is 5.87. The number of phenols is 2. The number of aromatic hydroxyl groups is 2. The summed E-state index contributed by atoms with van der Waals surface area (Å²) in [4.78, 5) is 10.8. The van der Waals surface area contributed by atoms with E-state index in [0.29, 0.717) is 16.5 Å². The Morgan fingerprint density at radius 2 is 0.934 bits per heavy atom. The summed E-state index contributed by atoms with van der Waals surface area (Å²) >= 11 is 0. The largest absolute Gasteiger partial charge is 1.00 e. The third kappa shape index (κ3) is 11.4. The minimum absolute atomic E-state index is 0. The first-order chi connectivity index (χ1) is 27.3. The normalized spacial score (nSPS) is 11.9. The van der Waals surface area contributed by atoms with E-state index < -0.39 is 73.9 Å². The van der Waals surface area contributed by atoms with E-state index >= 15 is 0 Å². The van der Waals surface area contributed by atoms with Crippen molar-refractivity contribution >= 4 is 103 Å². The van der Waals surface area contributed by atoms with Crippen molar-refractivity contribution in [2.24, 2.45) is 20.5 Å². The standard InChI is InChI=1S/C37H26N6O12S3.3Na/c44-35-29-12-9-25(15-22(29)18-31(57(50,51)52)33(35)42-40-24-4-2-1-3-5-24)38-37(46)39-26-10-13-30-23(16-26)19-32(58(53,54)55)34(36(30)45)43-41-27-8-6-21-17-28(56(47,48)49)11-7-20(21)14-27;;;/h1-19,44-45H,(H2,38,39,46)(H,47,48,49)(H,50,51,52)(H,53,54,55);;;/q;3*+1/p-3. The fraction of sp³-hybridized carbons (Fsp3) is 0. The van der Waals surface area contributed by atoms with E-state index in [1.807, 2.05) is 0 Å². The maximum atomic E-state index is 13.0. The van der Waals surface area contributed by atoms with Gasteiger partial charge in [0.15, 0.2) is 11.5 Å². The Hall–Kier alpha value is -3.88. The van der Waals surface area contributed by atoms with E-state index in [1.54, 1.807) is 30.3 Å². The zero-order valence-corrected chi connectivity index (χ0v) is 40.4. The first-order valence-electron chi connectivity index (χ1n) is 16.3. The van der Waals surface area contributed by atoms with Crippen LogP contribution in [0.25, 0.3) is 32.3 Å². The molecular formula is C37H23N6Na3O12S3. The van der Waals surface area contributed by atoms with Crippen LogP contribution in [0.4, 0.5) is 38.9 Å². The minimum atomic E-state index is -5.27. The summed E-state index contributed by atoms with van der Waals surface area (Å²) in [5.74, 6) is -1.36. The van der Waals surface area contributed by atoms with E-state index in [1.165, 1.54) is 66.7 Å². The quantitative estimate of drug-likeness (QED) is 0.0751. The Labute approximate surface area is 413 Å². The summed E-state index contributed by atoms with van der Waals surface area (Å²) in [7, 11) is -15.1. The smallest absolute Gasteiger partial charge is 0.744 e. The van der Waals surface area contributed by atoms with Crippen molar-refractivity contribution in [1.29, 1.82) is 0 Å². The van der Waals surface area contributed by atoms with Crippen LogP contribution in [0.5, 0.6) is 11.5 Å². The fourth-order valence-corrected chi connectivity index (χ4v) is 7.66. The van der Waals surface area contributed by atoms with E-state index in [4.69, 9.17) is 0 Å². The summed E-state index contributed by atoms with van der Waals surface area (Å²) in [6.07, 6.45) is 0. The number of hydrogen-bond acceptors (Lipinski definition) is 16. The van der Waals surface area contributed by atoms with Crippen LogP contribution in [0.2, 0.25) is 0 Å². The van der Waals surface area contributed by atoms with Crippen molar-refractivity contribution in [3.63, 3.8) is 0 Å². The number of phenolic OH excluding ortho intramolecular Hbond substituents is 2. The second kappa shape index (κ2) is 19.7. The Morgan fingerprint density at radius 3 is 1.41 bits per heavy atom. The molecule has 2 amide bonds. The molecule has 0 fully saturated rings. The van der Waals surface area contributed by atoms with E-state index in [-0.39, 0.29) is 127 Å². The van der Waals surface area contributed by atoms with Gasteiger partial charge in [0.1, 0.15) is 41.7 Å². The molecule has 0 heterocycles. The van der Waals surface area contributed by atoms with E-state index in [2.05, 4.69) is 31.1 Å². The molecule has 0 aliphatic carbocycles. The van der Waals surface area contributed by atoms with Crippen molar-refractivity contribution in [3.05, 3.63) is 115 Å². The maximum absolute atomic E-state index is 13.0. The number of urea groups is 1. The van der Waals surface area contributed by atoms with Gasteiger partial charge < -0.3 is 34.5 Å². The number of carbonyl (C=O) groups excluding carboxylic acids is 1. The van der Waals surface area contributed by atoms with Gasteiger partial charge in [0.2, 0.25) is 0 Å². The molecule has 0 aliphatic heterocycles. The van der Waals surface area contributed by atoms with Crippen molar-refractivity contribution in [2.45, 2.75) is 14.7 Å². The van der Waals surface area contributed by atoms with Crippen molar-refractivity contribution in [2.75, 3.05) is 10.6 Å². The molecule has 0 saturated heterocycles. The topological polar surface area (TPSA) is 303 Å². The van der Waals surface area contributed by atoms with Crippen LogP contribution in [-0.4, -0.2) is 55.2 Å². The first kappa shape index (κ1) is 49.8. The first-order valence-corrected chi connectivity index (χ1v) is 20.6. The molecule has 7 aromatic rings. The van der Waals surface area contributed by atoms with Crippen molar-refractivity contribution < 1.29 is 143 Å². The van der Waals surface area contributed by atoms with Gasteiger partial charge in [-0.1, -0.05) is 30.3 Å². The molecule has 0 aromatic heterocycles. The molecule has 294 valence electrons. The van der Waals surface area contributed by atoms with Gasteiger partial charge in [-0.25, -0.2) is 30.0 Å². The molecule has 0 radical (unpaired) electrons. The second-order valence-corrected chi connectivity index (χ2v) is 16.5. The molecule has 0 saturated carbocycles. The number of nitrogens with one attached hydrogen (secondary N) is 2. The summed E-state index contributed by atoms with van der Waals surface area (Å²) in [5.41, 5.74) is -0.621. The Morgan fingerprint density at radius 1 is 0.475 bits per heavy atom. The third-order valence-electron chi connectivity index (χ3n) is 8.53. The summed E-state index contributed by atoms with van der Waals surface area (Å²) in [6.45, 7) is 0. The average molecular weight is 909 g/mol. The number of nitrogens with zero attached hydrogens (tertiary/aromatic N) is 4. The molecule has 0 spiro atoms. The number of anilines is 2. The van der Waals surface area contributed by atoms with Crippen LogP contribution < -0.4 is 99.3 Å². The average Bonchev–Trinajstić information content (AvgIpc) is 3.16. The van der Waals surface area contributed by atoms with Gasteiger partial charge in [-0.3, -0.25) is 0 Å². The predicted molar refractivity (Wildman–Crippen MR) is 206 cm³/mol. The minimum Gasteiger partial charge on any atom is -0.744 e. The number of rotatable bonds is 9. The maximum Gasteiger partial charge on any atom is 1.00 e. The Balaban J connectivity index is 0.00000273. The van der Waals surface area contributed by atoms with E-state index in [0.717, 1.165) is 18.2 Å². The molecule has 4 N–H and O–H groups in total. The van der Waals surface area contributed by atoms with Crippen LogP contribution in [0.15, 0.2) is 150 Å². The number of benzene rings is 7. The van der Waals surface area contributed by atoms with Gasteiger partial charge in [-0.15, -0.1) is 10.2 Å². The third-order valence-corrected chi connectivity index (χ3v) is 11.1. The molecule has 7 rings (SSSR count). The predicted octanol–water partition coefficient (Wildman–Crippen LogP) is -1.24. The number of carbonyl (C=O) groups is 1. The number of fused-ring (bicyclic) bond motifs is 3.